The summed E-state index contributed by atoms with van der Waals surface area (Å²) in [6.45, 7) is 0. The van der Waals surface area contributed by atoms with E-state index in [0.29, 0.717) is 22.5 Å². The summed E-state index contributed by atoms with van der Waals surface area (Å²) in [7, 11) is 0. The van der Waals surface area contributed by atoms with E-state index in [1.165, 1.54) is 23.5 Å². The Labute approximate surface area is 151 Å². The maximum Gasteiger partial charge on any atom is 0.269 e. The van der Waals surface area contributed by atoms with Crippen LogP contribution < -0.4 is 5.56 Å². The molecule has 0 saturated carbocycles. The molecular weight excluding hydrogens is 350 g/mol. The van der Waals surface area contributed by atoms with Crippen LogP contribution in [0.25, 0.3) is 21.3 Å². The second-order valence-electron chi connectivity index (χ2n) is 5.81. The largest absolute Gasteiger partial charge is 0.310 e. The Morgan fingerprint density at radius 1 is 1.08 bits per heavy atom. The second-order valence-corrected chi connectivity index (χ2v) is 6.67. The first-order valence-electron chi connectivity index (χ1n) is 7.91. The van der Waals surface area contributed by atoms with Gasteiger partial charge < -0.3 is 4.98 Å². The zero-order valence-corrected chi connectivity index (χ0v) is 14.3. The first kappa shape index (κ1) is 16.2. The van der Waals surface area contributed by atoms with Gasteiger partial charge in [-0.3, -0.25) is 14.9 Å². The number of fused-ring (bicyclic) bond motifs is 1. The lowest BCUT2D eigenvalue weighted by Crippen LogP contribution is -2.11. The molecule has 26 heavy (non-hydrogen) atoms. The minimum atomic E-state index is -0.438. The van der Waals surface area contributed by atoms with Gasteiger partial charge in [0.25, 0.3) is 11.2 Å². The highest BCUT2D eigenvalue weighted by atomic mass is 32.1. The van der Waals surface area contributed by atoms with E-state index in [0.717, 1.165) is 16.7 Å². The molecular formula is C19H13N3O3S. The van der Waals surface area contributed by atoms with Gasteiger partial charge in [-0.25, -0.2) is 4.98 Å². The van der Waals surface area contributed by atoms with Gasteiger partial charge in [-0.05, 0) is 11.1 Å². The van der Waals surface area contributed by atoms with Gasteiger partial charge in [0.05, 0.1) is 10.3 Å². The molecule has 2 aromatic heterocycles. The summed E-state index contributed by atoms with van der Waals surface area (Å²) in [5.74, 6) is 0.540. The van der Waals surface area contributed by atoms with Gasteiger partial charge >= 0.3 is 0 Å². The summed E-state index contributed by atoms with van der Waals surface area (Å²) in [5.41, 5.74) is 2.57. The molecule has 0 amide bonds. The number of nitro groups is 1. The Morgan fingerprint density at radius 2 is 1.81 bits per heavy atom. The molecule has 4 aromatic rings. The molecule has 7 heteroatoms. The van der Waals surface area contributed by atoms with Crippen molar-refractivity contribution >= 4 is 27.2 Å². The maximum atomic E-state index is 12.6. The highest BCUT2D eigenvalue weighted by Gasteiger charge is 2.13. The summed E-state index contributed by atoms with van der Waals surface area (Å²) >= 11 is 1.43. The summed E-state index contributed by atoms with van der Waals surface area (Å²) < 4.78 is 0. The van der Waals surface area contributed by atoms with Crippen molar-refractivity contribution in [1.29, 1.82) is 0 Å². The van der Waals surface area contributed by atoms with Crippen LogP contribution in [0.15, 0.2) is 64.8 Å². The predicted octanol–water partition coefficient (Wildman–Crippen LogP) is 4.15. The molecule has 0 saturated heterocycles. The number of nitrogens with one attached hydrogen (secondary N) is 1. The van der Waals surface area contributed by atoms with Crippen molar-refractivity contribution in [3.8, 4) is 11.1 Å². The van der Waals surface area contributed by atoms with E-state index in [9.17, 15) is 14.9 Å². The summed E-state index contributed by atoms with van der Waals surface area (Å²) in [5, 5.41) is 13.3. The summed E-state index contributed by atoms with van der Waals surface area (Å²) in [4.78, 5) is 31.0. The van der Waals surface area contributed by atoms with Crippen LogP contribution in [0.2, 0.25) is 0 Å². The molecule has 0 aliphatic rings. The van der Waals surface area contributed by atoms with Crippen LogP contribution in [-0.2, 0) is 6.42 Å². The number of nitrogens with zero attached hydrogens (tertiary/aromatic N) is 2. The number of rotatable bonds is 4. The van der Waals surface area contributed by atoms with Crippen molar-refractivity contribution in [3.05, 3.63) is 91.8 Å². The van der Waals surface area contributed by atoms with Crippen molar-refractivity contribution in [3.63, 3.8) is 0 Å². The van der Waals surface area contributed by atoms with Crippen molar-refractivity contribution in [2.75, 3.05) is 0 Å². The highest BCUT2D eigenvalue weighted by Crippen LogP contribution is 2.30. The first-order valence-corrected chi connectivity index (χ1v) is 8.79. The standard InChI is InChI=1S/C19H13N3O3S/c23-18-17-15(13-4-2-1-3-5-13)11-26-19(17)21-16(20-18)10-12-6-8-14(9-7-12)22(24)25/h1-9,11H,10H2,(H,20,21,23). The van der Waals surface area contributed by atoms with Gasteiger partial charge in [0.2, 0.25) is 0 Å². The second kappa shape index (κ2) is 6.53. The van der Waals surface area contributed by atoms with Crippen LogP contribution in [-0.4, -0.2) is 14.9 Å². The van der Waals surface area contributed by atoms with Crippen molar-refractivity contribution in [1.82, 2.24) is 9.97 Å². The van der Waals surface area contributed by atoms with Crippen LogP contribution in [0, 0.1) is 10.1 Å². The topological polar surface area (TPSA) is 88.9 Å². The van der Waals surface area contributed by atoms with Crippen LogP contribution in [0.1, 0.15) is 11.4 Å². The Bertz CT molecular complexity index is 1150. The van der Waals surface area contributed by atoms with E-state index in [2.05, 4.69) is 9.97 Å². The Hall–Kier alpha value is -3.32. The van der Waals surface area contributed by atoms with Gasteiger partial charge in [0.15, 0.2) is 0 Å². The molecule has 0 spiro atoms. The van der Waals surface area contributed by atoms with Gasteiger partial charge in [-0.1, -0.05) is 42.5 Å². The molecule has 0 atom stereocenters. The Balaban J connectivity index is 1.70. The average molecular weight is 363 g/mol. The van der Waals surface area contributed by atoms with E-state index >= 15 is 0 Å². The predicted molar refractivity (Wildman–Crippen MR) is 102 cm³/mol. The Morgan fingerprint density at radius 3 is 2.50 bits per heavy atom. The number of hydrogen-bond acceptors (Lipinski definition) is 5. The monoisotopic (exact) mass is 363 g/mol. The third-order valence-electron chi connectivity index (χ3n) is 4.10. The maximum absolute atomic E-state index is 12.6. The van der Waals surface area contributed by atoms with E-state index < -0.39 is 4.92 Å². The van der Waals surface area contributed by atoms with Gasteiger partial charge in [0, 0.05) is 29.5 Å². The number of thiophene rings is 1. The Kier molecular flexibility index (Phi) is 4.06. The van der Waals surface area contributed by atoms with Crippen LogP contribution in [0.5, 0.6) is 0 Å². The van der Waals surface area contributed by atoms with E-state index in [4.69, 9.17) is 0 Å². The van der Waals surface area contributed by atoms with Crippen LogP contribution in [0.4, 0.5) is 5.69 Å². The fourth-order valence-corrected chi connectivity index (χ4v) is 3.80. The average Bonchev–Trinajstić information content (AvgIpc) is 3.07. The lowest BCUT2D eigenvalue weighted by molar-refractivity contribution is -0.384. The van der Waals surface area contributed by atoms with Crippen LogP contribution >= 0.6 is 11.3 Å². The molecule has 2 aromatic carbocycles. The summed E-state index contributed by atoms with van der Waals surface area (Å²) in [6.07, 6.45) is 0.405. The minimum Gasteiger partial charge on any atom is -0.310 e. The first-order chi connectivity index (χ1) is 12.6. The third-order valence-corrected chi connectivity index (χ3v) is 4.97. The molecule has 0 unspecified atom stereocenters. The number of nitro benzene ring substituents is 1. The molecule has 0 fully saturated rings. The smallest absolute Gasteiger partial charge is 0.269 e. The van der Waals surface area contributed by atoms with Crippen molar-refractivity contribution in [2.24, 2.45) is 0 Å². The molecule has 0 radical (unpaired) electrons. The van der Waals surface area contributed by atoms with Gasteiger partial charge in [-0.15, -0.1) is 11.3 Å². The lowest BCUT2D eigenvalue weighted by Gasteiger charge is -2.03. The summed E-state index contributed by atoms with van der Waals surface area (Å²) in [6, 6.07) is 16.0. The number of benzene rings is 2. The van der Waals surface area contributed by atoms with E-state index in [1.807, 2.05) is 35.7 Å². The van der Waals surface area contributed by atoms with Gasteiger partial charge in [-0.2, -0.15) is 0 Å². The van der Waals surface area contributed by atoms with Crippen molar-refractivity contribution < 1.29 is 4.92 Å². The number of H-pyrrole nitrogens is 1. The van der Waals surface area contributed by atoms with Crippen LogP contribution in [0.3, 0.4) is 0 Å². The SMILES string of the molecule is O=c1[nH]c(Cc2ccc([N+](=O)[O-])cc2)nc2scc(-c3ccccc3)c12. The van der Waals surface area contributed by atoms with E-state index in [-0.39, 0.29) is 11.2 Å². The number of aromatic amines is 1. The number of non-ortho nitro benzene ring substituents is 1. The zero-order valence-electron chi connectivity index (χ0n) is 13.5. The fraction of sp³-hybridized carbons (Fsp3) is 0.0526. The molecule has 2 heterocycles. The third kappa shape index (κ3) is 3.00. The molecule has 0 bridgehead atoms. The quantitative estimate of drug-likeness (QED) is 0.436. The molecule has 0 aliphatic carbocycles. The number of aromatic nitrogens is 2. The molecule has 0 aliphatic heterocycles. The number of hydrogen-bond donors (Lipinski definition) is 1. The molecule has 128 valence electrons. The minimum absolute atomic E-state index is 0.0383. The normalized spacial score (nSPS) is 10.9. The fourth-order valence-electron chi connectivity index (χ4n) is 2.84. The lowest BCUT2D eigenvalue weighted by atomic mass is 10.1. The molecule has 4 rings (SSSR count). The van der Waals surface area contributed by atoms with E-state index in [1.54, 1.807) is 12.1 Å². The van der Waals surface area contributed by atoms with Gasteiger partial charge in [0.1, 0.15) is 10.7 Å². The van der Waals surface area contributed by atoms with Crippen molar-refractivity contribution in [2.45, 2.75) is 6.42 Å². The molecule has 6 nitrogen and oxygen atoms in total. The molecule has 1 N–H and O–H groups in total. The zero-order chi connectivity index (χ0) is 18.1. The highest BCUT2D eigenvalue weighted by molar-refractivity contribution is 7.17.